The van der Waals surface area contributed by atoms with Gasteiger partial charge in [0.25, 0.3) is 0 Å². The minimum Gasteiger partial charge on any atom is -0.379 e. The Kier molecular flexibility index (Phi) is 5.14. The maximum absolute atomic E-state index is 10.7. The van der Waals surface area contributed by atoms with Crippen LogP contribution < -0.4 is 0 Å². The Morgan fingerprint density at radius 3 is 1.17 bits per heavy atom. The van der Waals surface area contributed by atoms with E-state index in [9.17, 15) is 26.4 Å². The fourth-order valence-electron chi connectivity index (χ4n) is 0.564. The zero-order valence-corrected chi connectivity index (χ0v) is 9.66. The molecule has 18 heavy (non-hydrogen) atoms. The van der Waals surface area contributed by atoms with Crippen molar-refractivity contribution >= 4 is 32.7 Å². The molecule has 0 amide bonds. The Morgan fingerprint density at radius 1 is 0.778 bits per heavy atom. The topological polar surface area (TPSA) is 202 Å². The lowest BCUT2D eigenvalue weighted by molar-refractivity contribution is -0.162. The third-order valence-electron chi connectivity index (χ3n) is 1.16. The van der Waals surface area contributed by atoms with Gasteiger partial charge in [-0.05, 0) is 0 Å². The molecule has 0 spiro atoms. The third-order valence-corrected chi connectivity index (χ3v) is 1.91. The van der Waals surface area contributed by atoms with Crippen molar-refractivity contribution in [2.45, 2.75) is 12.2 Å². The number of hydrogen-bond acceptors (Lipinski definition) is 10. The molecule has 106 valence electrons. The van der Waals surface area contributed by atoms with Gasteiger partial charge >= 0.3 is 32.7 Å². The molecule has 4 N–H and O–H groups in total. The maximum atomic E-state index is 10.7. The molecule has 0 aromatic heterocycles. The Labute approximate surface area is 99.6 Å². The van der Waals surface area contributed by atoms with Crippen molar-refractivity contribution in [3.05, 3.63) is 0 Å². The molecule has 12 nitrogen and oxygen atoms in total. The van der Waals surface area contributed by atoms with Gasteiger partial charge in [-0.15, -0.1) is 0 Å². The second-order valence-electron chi connectivity index (χ2n) is 2.55. The SMILES string of the molecule is O=C(OS(=O)(=O)O)C(O)C(O)C(=O)OS(=O)(=O)O. The number of aliphatic hydroxyl groups excluding tert-OH is 2. The molecule has 0 aromatic rings. The average molecular weight is 310 g/mol. The molecule has 0 radical (unpaired) electrons. The summed E-state index contributed by atoms with van der Waals surface area (Å²) in [7, 11) is -10.6. The molecule has 0 aliphatic carbocycles. The van der Waals surface area contributed by atoms with E-state index in [1.807, 2.05) is 0 Å². The average Bonchev–Trinajstić information content (AvgIpc) is 2.09. The summed E-state index contributed by atoms with van der Waals surface area (Å²) in [5, 5.41) is 17.7. The van der Waals surface area contributed by atoms with Crippen molar-refractivity contribution in [1.29, 1.82) is 0 Å². The lowest BCUT2D eigenvalue weighted by Gasteiger charge is -2.12. The second-order valence-corrected chi connectivity index (χ2v) is 4.59. The quantitative estimate of drug-likeness (QED) is 0.364. The van der Waals surface area contributed by atoms with Gasteiger partial charge in [0.05, 0.1) is 0 Å². The number of carbonyl (C=O) groups excluding carboxylic acids is 2. The first-order valence-electron chi connectivity index (χ1n) is 3.61. The fraction of sp³-hybridized carbons (Fsp3) is 0.500. The summed E-state index contributed by atoms with van der Waals surface area (Å²) in [6, 6.07) is 0. The highest BCUT2D eigenvalue weighted by Gasteiger charge is 2.36. The van der Waals surface area contributed by atoms with Gasteiger partial charge in [-0.1, -0.05) is 0 Å². The second kappa shape index (κ2) is 5.55. The van der Waals surface area contributed by atoms with E-state index in [-0.39, 0.29) is 0 Å². The molecule has 14 heteroatoms. The van der Waals surface area contributed by atoms with Crippen LogP contribution in [0.5, 0.6) is 0 Å². The molecule has 0 aromatic carbocycles. The molecule has 0 heterocycles. The van der Waals surface area contributed by atoms with Crippen LogP contribution in [0.15, 0.2) is 0 Å². The van der Waals surface area contributed by atoms with Gasteiger partial charge in [-0.25, -0.2) is 9.59 Å². The highest BCUT2D eigenvalue weighted by atomic mass is 32.3. The van der Waals surface area contributed by atoms with Crippen LogP contribution in [-0.4, -0.2) is 60.3 Å². The zero-order chi connectivity index (χ0) is 14.7. The van der Waals surface area contributed by atoms with Crippen molar-refractivity contribution in [3.63, 3.8) is 0 Å². The van der Waals surface area contributed by atoms with Gasteiger partial charge in [0.15, 0.2) is 12.2 Å². The molecule has 2 atom stereocenters. The van der Waals surface area contributed by atoms with Gasteiger partial charge in [-0.3, -0.25) is 9.11 Å². The Hall–Kier alpha value is -1.32. The Morgan fingerprint density at radius 2 is 1.00 bits per heavy atom. The molecule has 0 bridgehead atoms. The van der Waals surface area contributed by atoms with Crippen molar-refractivity contribution in [3.8, 4) is 0 Å². The molecular weight excluding hydrogens is 304 g/mol. The summed E-state index contributed by atoms with van der Waals surface area (Å²) in [6.45, 7) is 0. The van der Waals surface area contributed by atoms with Crippen LogP contribution in [0.3, 0.4) is 0 Å². The normalized spacial score (nSPS) is 15.6. The van der Waals surface area contributed by atoms with Gasteiger partial charge in [0.2, 0.25) is 0 Å². The Bertz CT molecular complexity index is 476. The number of rotatable bonds is 5. The third kappa shape index (κ3) is 6.42. The van der Waals surface area contributed by atoms with Gasteiger partial charge < -0.3 is 18.6 Å². The predicted octanol–water partition coefficient (Wildman–Crippen LogP) is -3.60. The van der Waals surface area contributed by atoms with Crippen LogP contribution in [0.2, 0.25) is 0 Å². The largest absolute Gasteiger partial charge is 0.449 e. The maximum Gasteiger partial charge on any atom is 0.449 e. The molecule has 0 aliphatic heterocycles. The molecule has 0 fully saturated rings. The summed E-state index contributed by atoms with van der Waals surface area (Å²) in [5.74, 6) is -4.37. The van der Waals surface area contributed by atoms with E-state index < -0.39 is 44.9 Å². The summed E-state index contributed by atoms with van der Waals surface area (Å²) in [6.07, 6.45) is -5.75. The van der Waals surface area contributed by atoms with Crippen molar-refractivity contribution in [2.24, 2.45) is 0 Å². The van der Waals surface area contributed by atoms with E-state index in [1.54, 1.807) is 0 Å². The first-order chi connectivity index (χ1) is 7.83. The van der Waals surface area contributed by atoms with E-state index in [0.717, 1.165) is 0 Å². The van der Waals surface area contributed by atoms with E-state index >= 15 is 0 Å². The lowest BCUT2D eigenvalue weighted by Crippen LogP contribution is -2.42. The number of hydrogen-bond donors (Lipinski definition) is 4. The highest BCUT2D eigenvalue weighted by molar-refractivity contribution is 7.81. The van der Waals surface area contributed by atoms with Gasteiger partial charge in [-0.2, -0.15) is 16.8 Å². The first-order valence-corrected chi connectivity index (χ1v) is 6.34. The summed E-state index contributed by atoms with van der Waals surface area (Å²) < 4.78 is 62.5. The molecule has 0 saturated heterocycles. The van der Waals surface area contributed by atoms with Gasteiger partial charge in [0, 0.05) is 0 Å². The number of carbonyl (C=O) groups is 2. The summed E-state index contributed by atoms with van der Waals surface area (Å²) >= 11 is 0. The summed E-state index contributed by atoms with van der Waals surface area (Å²) in [4.78, 5) is 21.4. The molecule has 2 unspecified atom stereocenters. The predicted molar refractivity (Wildman–Crippen MR) is 47.3 cm³/mol. The minimum atomic E-state index is -5.30. The van der Waals surface area contributed by atoms with Crippen LogP contribution in [-0.2, 0) is 38.8 Å². The smallest absolute Gasteiger partial charge is 0.379 e. The molecular formula is C4H6O12S2. The van der Waals surface area contributed by atoms with E-state index in [2.05, 4.69) is 8.37 Å². The molecule has 0 aliphatic rings. The fourth-order valence-corrected chi connectivity index (χ4v) is 1.18. The summed E-state index contributed by atoms with van der Waals surface area (Å²) in [5.41, 5.74) is 0. The standard InChI is InChI=1S/C4H6O12S2/c5-1(3(7)15-17(9,10)11)2(6)4(8)16-18(12,13)14/h1-2,5-6H,(H,9,10,11)(H,12,13,14). The highest BCUT2D eigenvalue weighted by Crippen LogP contribution is 2.03. The van der Waals surface area contributed by atoms with Crippen LogP contribution in [0.4, 0.5) is 0 Å². The molecule has 0 rings (SSSR count). The Balaban J connectivity index is 4.75. The molecule has 0 saturated carbocycles. The zero-order valence-electron chi connectivity index (χ0n) is 8.03. The van der Waals surface area contributed by atoms with Gasteiger partial charge in [0.1, 0.15) is 0 Å². The lowest BCUT2D eigenvalue weighted by atomic mass is 10.2. The monoisotopic (exact) mass is 310 g/mol. The van der Waals surface area contributed by atoms with Crippen LogP contribution >= 0.6 is 0 Å². The van der Waals surface area contributed by atoms with Crippen molar-refractivity contribution in [2.75, 3.05) is 0 Å². The number of aliphatic hydroxyl groups is 2. The first kappa shape index (κ1) is 16.7. The minimum absolute atomic E-state index is 2.18. The van der Waals surface area contributed by atoms with Crippen molar-refractivity contribution < 1.29 is 54.1 Å². The van der Waals surface area contributed by atoms with Crippen LogP contribution in [0, 0.1) is 0 Å². The van der Waals surface area contributed by atoms with E-state index in [1.165, 1.54) is 0 Å². The van der Waals surface area contributed by atoms with E-state index in [0.29, 0.717) is 0 Å². The van der Waals surface area contributed by atoms with Crippen molar-refractivity contribution in [1.82, 2.24) is 0 Å². The van der Waals surface area contributed by atoms with Crippen LogP contribution in [0.1, 0.15) is 0 Å². The van der Waals surface area contributed by atoms with Crippen LogP contribution in [0.25, 0.3) is 0 Å². The van der Waals surface area contributed by atoms with E-state index in [4.69, 9.17) is 19.3 Å².